The van der Waals surface area contributed by atoms with Crippen molar-refractivity contribution in [1.82, 2.24) is 4.90 Å². The van der Waals surface area contributed by atoms with E-state index in [2.05, 4.69) is 0 Å². The lowest BCUT2D eigenvalue weighted by Gasteiger charge is -2.36. The molecule has 4 nitrogen and oxygen atoms in total. The number of carboxylic acid groups (broad SMARTS) is 1. The highest BCUT2D eigenvalue weighted by atomic mass is 16.4. The van der Waals surface area contributed by atoms with Crippen LogP contribution < -0.4 is 0 Å². The van der Waals surface area contributed by atoms with E-state index in [1.54, 1.807) is 0 Å². The zero-order valence-corrected chi connectivity index (χ0v) is 13.1. The Morgan fingerprint density at radius 1 is 0.905 bits per heavy atom. The maximum Gasteiger partial charge on any atom is 0.303 e. The molecule has 0 aromatic rings. The molecule has 1 unspecified atom stereocenters. The first kappa shape index (κ1) is 16.3. The number of aliphatic carboxylic acids is 1. The first-order valence-electron chi connectivity index (χ1n) is 8.68. The Morgan fingerprint density at radius 3 is 2.33 bits per heavy atom. The van der Waals surface area contributed by atoms with Gasteiger partial charge in [0.05, 0.1) is 0 Å². The number of rotatable bonds is 6. The maximum atomic E-state index is 12.5. The molecule has 4 heteroatoms. The van der Waals surface area contributed by atoms with Crippen molar-refractivity contribution in [3.63, 3.8) is 0 Å². The molecule has 1 N–H and O–H groups in total. The van der Waals surface area contributed by atoms with Crippen molar-refractivity contribution < 1.29 is 14.7 Å². The van der Waals surface area contributed by atoms with Crippen LogP contribution in [0.25, 0.3) is 0 Å². The van der Waals surface area contributed by atoms with Crippen molar-refractivity contribution in [2.24, 2.45) is 5.92 Å². The van der Waals surface area contributed by atoms with Gasteiger partial charge in [-0.25, -0.2) is 0 Å². The lowest BCUT2D eigenvalue weighted by atomic mass is 9.86. The lowest BCUT2D eigenvalue weighted by molar-refractivity contribution is -0.140. The second-order valence-electron chi connectivity index (χ2n) is 6.71. The highest BCUT2D eigenvalue weighted by Crippen LogP contribution is 2.28. The van der Waals surface area contributed by atoms with Gasteiger partial charge in [-0.05, 0) is 38.0 Å². The zero-order valence-electron chi connectivity index (χ0n) is 13.1. The summed E-state index contributed by atoms with van der Waals surface area (Å²) in [4.78, 5) is 25.2. The number of hydrogen-bond acceptors (Lipinski definition) is 2. The van der Waals surface area contributed by atoms with Crippen LogP contribution in [0, 0.1) is 5.92 Å². The lowest BCUT2D eigenvalue weighted by Crippen LogP contribution is -2.44. The van der Waals surface area contributed by atoms with Crippen LogP contribution in [0.5, 0.6) is 0 Å². The van der Waals surface area contributed by atoms with Crippen LogP contribution >= 0.6 is 0 Å². The second kappa shape index (κ2) is 8.40. The summed E-state index contributed by atoms with van der Waals surface area (Å²) in [6.07, 6.45) is 12.2. The minimum Gasteiger partial charge on any atom is -0.481 e. The van der Waals surface area contributed by atoms with Crippen molar-refractivity contribution in [3.8, 4) is 0 Å². The van der Waals surface area contributed by atoms with Crippen LogP contribution in [-0.2, 0) is 9.59 Å². The first-order valence-corrected chi connectivity index (χ1v) is 8.68. The summed E-state index contributed by atoms with van der Waals surface area (Å²) in [7, 11) is 0. The average molecular weight is 295 g/mol. The van der Waals surface area contributed by atoms with Gasteiger partial charge in [0.2, 0.25) is 5.91 Å². The van der Waals surface area contributed by atoms with E-state index in [9.17, 15) is 9.59 Å². The molecule has 0 aromatic heterocycles. The molecule has 1 saturated carbocycles. The van der Waals surface area contributed by atoms with E-state index < -0.39 is 5.97 Å². The second-order valence-corrected chi connectivity index (χ2v) is 6.71. The molecule has 0 spiro atoms. The Morgan fingerprint density at radius 2 is 1.62 bits per heavy atom. The van der Waals surface area contributed by atoms with Gasteiger partial charge in [0.25, 0.3) is 0 Å². The van der Waals surface area contributed by atoms with E-state index in [0.717, 1.165) is 38.1 Å². The van der Waals surface area contributed by atoms with Gasteiger partial charge in [-0.1, -0.05) is 32.1 Å². The van der Waals surface area contributed by atoms with Gasteiger partial charge in [0.15, 0.2) is 0 Å². The van der Waals surface area contributed by atoms with Gasteiger partial charge >= 0.3 is 5.97 Å². The Kier molecular flexibility index (Phi) is 6.52. The molecule has 2 aliphatic rings. The van der Waals surface area contributed by atoms with E-state index >= 15 is 0 Å². The molecule has 1 amide bonds. The van der Waals surface area contributed by atoms with E-state index in [1.807, 2.05) is 4.90 Å². The first-order chi connectivity index (χ1) is 10.2. The quantitative estimate of drug-likeness (QED) is 0.814. The van der Waals surface area contributed by atoms with Crippen LogP contribution in [0.3, 0.4) is 0 Å². The topological polar surface area (TPSA) is 57.6 Å². The third-order valence-corrected chi connectivity index (χ3v) is 5.13. The molecule has 1 saturated heterocycles. The molecule has 1 atom stereocenters. The van der Waals surface area contributed by atoms with Gasteiger partial charge in [0, 0.05) is 25.4 Å². The minimum atomic E-state index is -0.754. The van der Waals surface area contributed by atoms with Crippen LogP contribution in [-0.4, -0.2) is 34.5 Å². The van der Waals surface area contributed by atoms with Crippen molar-refractivity contribution in [1.29, 1.82) is 0 Å². The molecule has 0 aromatic carbocycles. The summed E-state index contributed by atoms with van der Waals surface area (Å²) in [5.74, 6) is 0.246. The van der Waals surface area contributed by atoms with Crippen molar-refractivity contribution >= 4 is 11.9 Å². The normalized spacial score (nSPS) is 24.0. The molecule has 1 aliphatic heterocycles. The Labute approximate surface area is 127 Å². The number of hydrogen-bond donors (Lipinski definition) is 1. The smallest absolute Gasteiger partial charge is 0.303 e. The summed E-state index contributed by atoms with van der Waals surface area (Å²) in [5.41, 5.74) is 0. The SMILES string of the molecule is O=C(O)CCC1CCCCN1C(=O)CCC1CCCCC1. The largest absolute Gasteiger partial charge is 0.481 e. The molecule has 2 fully saturated rings. The van der Waals surface area contributed by atoms with Crippen LogP contribution in [0.15, 0.2) is 0 Å². The van der Waals surface area contributed by atoms with E-state index in [0.29, 0.717) is 12.8 Å². The highest BCUT2D eigenvalue weighted by molar-refractivity contribution is 5.76. The predicted octanol–water partition coefficient (Wildman–Crippen LogP) is 3.59. The number of amides is 1. The van der Waals surface area contributed by atoms with Crippen molar-refractivity contribution in [3.05, 3.63) is 0 Å². The van der Waals surface area contributed by atoms with Gasteiger partial charge in [-0.15, -0.1) is 0 Å². The average Bonchev–Trinajstić information content (AvgIpc) is 2.52. The van der Waals surface area contributed by atoms with Crippen molar-refractivity contribution in [2.45, 2.75) is 83.1 Å². The van der Waals surface area contributed by atoms with E-state index in [-0.39, 0.29) is 18.4 Å². The number of carboxylic acids is 1. The van der Waals surface area contributed by atoms with Crippen LogP contribution in [0.1, 0.15) is 77.0 Å². The Hall–Kier alpha value is -1.06. The van der Waals surface area contributed by atoms with Crippen molar-refractivity contribution in [2.75, 3.05) is 6.54 Å². The number of carbonyl (C=O) groups excluding carboxylic acids is 1. The van der Waals surface area contributed by atoms with Gasteiger partial charge < -0.3 is 10.0 Å². The fourth-order valence-electron chi connectivity index (χ4n) is 3.87. The van der Waals surface area contributed by atoms with E-state index in [4.69, 9.17) is 5.11 Å². The fraction of sp³-hybridized carbons (Fsp3) is 0.882. The standard InChI is InChI=1S/C17H29NO3/c19-16(11-9-14-6-2-1-3-7-14)18-13-5-4-8-15(18)10-12-17(20)21/h14-15H,1-13H2,(H,20,21). The number of piperidine rings is 1. The zero-order chi connectivity index (χ0) is 15.1. The molecule has 2 rings (SSSR count). The predicted molar refractivity (Wildman–Crippen MR) is 82.0 cm³/mol. The maximum absolute atomic E-state index is 12.5. The monoisotopic (exact) mass is 295 g/mol. The third kappa shape index (κ3) is 5.33. The van der Waals surface area contributed by atoms with Gasteiger partial charge in [-0.3, -0.25) is 9.59 Å². The molecule has 0 bridgehead atoms. The number of carbonyl (C=O) groups is 2. The van der Waals surface area contributed by atoms with Gasteiger partial charge in [-0.2, -0.15) is 0 Å². The number of likely N-dealkylation sites (tertiary alicyclic amines) is 1. The third-order valence-electron chi connectivity index (χ3n) is 5.13. The molecule has 21 heavy (non-hydrogen) atoms. The number of nitrogens with zero attached hydrogens (tertiary/aromatic N) is 1. The summed E-state index contributed by atoms with van der Waals surface area (Å²) >= 11 is 0. The Balaban J connectivity index is 1.78. The molecular formula is C17H29NO3. The summed E-state index contributed by atoms with van der Waals surface area (Å²) in [6, 6.07) is 0.161. The molecule has 1 aliphatic carbocycles. The highest BCUT2D eigenvalue weighted by Gasteiger charge is 2.27. The summed E-state index contributed by atoms with van der Waals surface area (Å²) in [6.45, 7) is 0.827. The molecular weight excluding hydrogens is 266 g/mol. The summed E-state index contributed by atoms with van der Waals surface area (Å²) in [5, 5.41) is 8.84. The Bertz CT molecular complexity index is 350. The molecule has 0 radical (unpaired) electrons. The van der Waals surface area contributed by atoms with E-state index in [1.165, 1.54) is 32.1 Å². The molecule has 1 heterocycles. The minimum absolute atomic E-state index is 0.161. The van der Waals surface area contributed by atoms with Crippen LogP contribution in [0.2, 0.25) is 0 Å². The molecule has 120 valence electrons. The van der Waals surface area contributed by atoms with Gasteiger partial charge in [0.1, 0.15) is 0 Å². The summed E-state index contributed by atoms with van der Waals surface area (Å²) < 4.78 is 0. The van der Waals surface area contributed by atoms with Crippen LogP contribution in [0.4, 0.5) is 0 Å². The fourth-order valence-corrected chi connectivity index (χ4v) is 3.87.